The number of hydrogen-bond acceptors (Lipinski definition) is 3. The van der Waals surface area contributed by atoms with Crippen LogP contribution in [0.2, 0.25) is 0 Å². The number of benzene rings is 1. The molecule has 1 unspecified atom stereocenters. The van der Waals surface area contributed by atoms with E-state index in [2.05, 4.69) is 16.6 Å². The molecule has 2 rings (SSSR count). The van der Waals surface area contributed by atoms with Gasteiger partial charge in [0.2, 0.25) is 5.91 Å². The number of fused-ring (bicyclic) bond motifs is 1. The van der Waals surface area contributed by atoms with Crippen molar-refractivity contribution in [3.8, 4) is 12.3 Å². The number of carboxylic acids is 1. The Morgan fingerprint density at radius 2 is 2.19 bits per heavy atom. The van der Waals surface area contributed by atoms with E-state index in [9.17, 15) is 14.4 Å². The number of aliphatic carboxylic acids is 1. The lowest BCUT2D eigenvalue weighted by Crippen LogP contribution is -2.51. The number of anilines is 2. The molecule has 0 saturated heterocycles. The first-order valence-corrected chi connectivity index (χ1v) is 6.16. The summed E-state index contributed by atoms with van der Waals surface area (Å²) in [6.45, 7) is -0.189. The maximum Gasteiger partial charge on any atom is 0.327 e. The van der Waals surface area contributed by atoms with Crippen LogP contribution in [-0.4, -0.2) is 35.6 Å². The predicted molar refractivity (Wildman–Crippen MR) is 75.8 cm³/mol. The molecule has 1 heterocycles. The van der Waals surface area contributed by atoms with E-state index in [1.165, 1.54) is 4.90 Å². The molecule has 1 aliphatic rings. The lowest BCUT2D eigenvalue weighted by molar-refractivity contribution is -0.139. The molecule has 1 aliphatic heterocycles. The van der Waals surface area contributed by atoms with Crippen molar-refractivity contribution in [2.75, 3.05) is 16.8 Å². The van der Waals surface area contributed by atoms with E-state index in [1.54, 1.807) is 24.3 Å². The highest BCUT2D eigenvalue weighted by molar-refractivity contribution is 6.09. The highest BCUT2D eigenvalue weighted by Crippen LogP contribution is 2.28. The molecule has 0 bridgehead atoms. The molecular weight excluding hydrogens is 274 g/mol. The summed E-state index contributed by atoms with van der Waals surface area (Å²) in [6.07, 6.45) is 4.94. The van der Waals surface area contributed by atoms with Crippen molar-refractivity contribution in [2.45, 2.75) is 12.5 Å². The van der Waals surface area contributed by atoms with E-state index in [0.29, 0.717) is 11.4 Å². The lowest BCUT2D eigenvalue weighted by atomic mass is 10.2. The zero-order valence-corrected chi connectivity index (χ0v) is 11.0. The molecule has 0 aliphatic carbocycles. The van der Waals surface area contributed by atoms with Crippen molar-refractivity contribution >= 4 is 29.3 Å². The number of terminal acetylenes is 1. The SMILES string of the molecule is C#CCC(NC(=O)N1CC(=O)Nc2ccccc21)C(=O)O. The third kappa shape index (κ3) is 3.12. The Morgan fingerprint density at radius 3 is 2.86 bits per heavy atom. The monoisotopic (exact) mass is 287 g/mol. The Hall–Kier alpha value is -3.01. The van der Waals surface area contributed by atoms with Gasteiger partial charge in [0.05, 0.1) is 11.4 Å². The minimum Gasteiger partial charge on any atom is -0.480 e. The van der Waals surface area contributed by atoms with Gasteiger partial charge < -0.3 is 15.7 Å². The smallest absolute Gasteiger partial charge is 0.327 e. The molecule has 0 spiro atoms. The maximum absolute atomic E-state index is 12.2. The molecule has 21 heavy (non-hydrogen) atoms. The summed E-state index contributed by atoms with van der Waals surface area (Å²) < 4.78 is 0. The van der Waals surface area contributed by atoms with Crippen molar-refractivity contribution in [1.82, 2.24) is 5.32 Å². The summed E-state index contributed by atoms with van der Waals surface area (Å²) in [7, 11) is 0. The van der Waals surface area contributed by atoms with E-state index in [-0.39, 0.29) is 18.9 Å². The van der Waals surface area contributed by atoms with Crippen LogP contribution in [0.3, 0.4) is 0 Å². The second-order valence-electron chi connectivity index (χ2n) is 4.40. The number of nitrogens with one attached hydrogen (secondary N) is 2. The van der Waals surface area contributed by atoms with Crippen LogP contribution in [-0.2, 0) is 9.59 Å². The Kier molecular flexibility index (Phi) is 4.09. The molecule has 3 amide bonds. The van der Waals surface area contributed by atoms with E-state index < -0.39 is 18.0 Å². The molecule has 0 fully saturated rings. The van der Waals surface area contributed by atoms with Crippen molar-refractivity contribution in [1.29, 1.82) is 0 Å². The first kappa shape index (κ1) is 14.4. The molecule has 1 aromatic carbocycles. The first-order valence-electron chi connectivity index (χ1n) is 6.16. The average molecular weight is 287 g/mol. The third-order valence-corrected chi connectivity index (χ3v) is 2.93. The quantitative estimate of drug-likeness (QED) is 0.710. The zero-order chi connectivity index (χ0) is 15.4. The molecule has 108 valence electrons. The molecule has 7 nitrogen and oxygen atoms in total. The molecule has 7 heteroatoms. The fourth-order valence-electron chi connectivity index (χ4n) is 1.96. The first-order chi connectivity index (χ1) is 10.0. The molecule has 0 saturated carbocycles. The van der Waals surface area contributed by atoms with Gasteiger partial charge in [-0.25, -0.2) is 9.59 Å². The highest BCUT2D eigenvalue weighted by Gasteiger charge is 2.29. The number of para-hydroxylation sites is 2. The van der Waals surface area contributed by atoms with Crippen LogP contribution in [0, 0.1) is 12.3 Å². The minimum absolute atomic E-state index is 0.136. The van der Waals surface area contributed by atoms with Crippen LogP contribution in [0.1, 0.15) is 6.42 Å². The van der Waals surface area contributed by atoms with Gasteiger partial charge in [-0.2, -0.15) is 0 Å². The van der Waals surface area contributed by atoms with E-state index in [0.717, 1.165) is 0 Å². The summed E-state index contributed by atoms with van der Waals surface area (Å²) in [5.74, 6) is 0.612. The van der Waals surface area contributed by atoms with Crippen LogP contribution in [0.4, 0.5) is 16.2 Å². The zero-order valence-electron chi connectivity index (χ0n) is 11.0. The molecule has 0 radical (unpaired) electrons. The Labute approximate surface area is 120 Å². The van der Waals surface area contributed by atoms with Crippen molar-refractivity contribution in [2.24, 2.45) is 0 Å². The van der Waals surface area contributed by atoms with Crippen molar-refractivity contribution < 1.29 is 19.5 Å². The van der Waals surface area contributed by atoms with Crippen molar-refractivity contribution in [3.05, 3.63) is 24.3 Å². The van der Waals surface area contributed by atoms with Crippen molar-refractivity contribution in [3.63, 3.8) is 0 Å². The van der Waals surface area contributed by atoms with Gasteiger partial charge in [-0.1, -0.05) is 12.1 Å². The van der Waals surface area contributed by atoms with Gasteiger partial charge in [-0.3, -0.25) is 9.69 Å². The molecular formula is C14H13N3O4. The average Bonchev–Trinajstić information content (AvgIpc) is 2.45. The lowest BCUT2D eigenvalue weighted by Gasteiger charge is -2.30. The van der Waals surface area contributed by atoms with Gasteiger partial charge in [-0.15, -0.1) is 12.3 Å². The van der Waals surface area contributed by atoms with Crippen LogP contribution in [0.25, 0.3) is 0 Å². The second-order valence-corrected chi connectivity index (χ2v) is 4.40. The van der Waals surface area contributed by atoms with Gasteiger partial charge in [0.15, 0.2) is 0 Å². The van der Waals surface area contributed by atoms with E-state index in [4.69, 9.17) is 11.5 Å². The highest BCUT2D eigenvalue weighted by atomic mass is 16.4. The number of carboxylic acid groups (broad SMARTS) is 1. The standard InChI is InChI=1S/C14H13N3O4/c1-2-5-10(13(19)20)16-14(21)17-8-12(18)15-9-6-3-4-7-11(9)17/h1,3-4,6-7,10H,5,8H2,(H,15,18)(H,16,21)(H,19,20). The third-order valence-electron chi connectivity index (χ3n) is 2.93. The number of carbonyl (C=O) groups is 3. The second kappa shape index (κ2) is 5.96. The summed E-state index contributed by atoms with van der Waals surface area (Å²) in [5, 5.41) is 13.9. The number of hydrogen-bond donors (Lipinski definition) is 3. The number of amides is 3. The fraction of sp³-hybridized carbons (Fsp3) is 0.214. The van der Waals surface area contributed by atoms with Crippen LogP contribution in [0.15, 0.2) is 24.3 Å². The van der Waals surface area contributed by atoms with Crippen LogP contribution < -0.4 is 15.5 Å². The fourth-order valence-corrected chi connectivity index (χ4v) is 1.96. The molecule has 0 aromatic heterocycles. The number of nitrogens with zero attached hydrogens (tertiary/aromatic N) is 1. The van der Waals surface area contributed by atoms with Crippen LogP contribution in [0.5, 0.6) is 0 Å². The number of rotatable bonds is 3. The summed E-state index contributed by atoms with van der Waals surface area (Å²) in [5.41, 5.74) is 0.993. The summed E-state index contributed by atoms with van der Waals surface area (Å²) >= 11 is 0. The van der Waals surface area contributed by atoms with E-state index >= 15 is 0 Å². The summed E-state index contributed by atoms with van der Waals surface area (Å²) in [4.78, 5) is 36.0. The number of carbonyl (C=O) groups excluding carboxylic acids is 2. The molecule has 1 aromatic rings. The van der Waals surface area contributed by atoms with Gasteiger partial charge in [0.25, 0.3) is 0 Å². The molecule has 3 N–H and O–H groups in total. The maximum atomic E-state index is 12.2. The Bertz CT molecular complexity index is 635. The number of urea groups is 1. The summed E-state index contributed by atoms with van der Waals surface area (Å²) in [6, 6.07) is 4.87. The molecule has 1 atom stereocenters. The van der Waals surface area contributed by atoms with Gasteiger partial charge in [0, 0.05) is 6.42 Å². The normalized spacial score (nSPS) is 14.4. The van der Waals surface area contributed by atoms with E-state index in [1.807, 2.05) is 0 Å². The minimum atomic E-state index is -1.23. The predicted octanol–water partition coefficient (Wildman–Crippen LogP) is 0.631. The Morgan fingerprint density at radius 1 is 1.48 bits per heavy atom. The topological polar surface area (TPSA) is 98.7 Å². The largest absolute Gasteiger partial charge is 0.480 e. The van der Waals surface area contributed by atoms with Gasteiger partial charge in [0.1, 0.15) is 12.6 Å². The van der Waals surface area contributed by atoms with Crippen LogP contribution >= 0.6 is 0 Å². The Balaban J connectivity index is 2.21. The van der Waals surface area contributed by atoms with Gasteiger partial charge in [-0.05, 0) is 12.1 Å². The van der Waals surface area contributed by atoms with Gasteiger partial charge >= 0.3 is 12.0 Å².